The van der Waals surface area contributed by atoms with Gasteiger partial charge in [0.05, 0.1) is 16.6 Å². The van der Waals surface area contributed by atoms with Crippen LogP contribution in [0.5, 0.6) is 0 Å². The minimum absolute atomic E-state index is 0.00288. The number of anilines is 1. The highest BCUT2D eigenvalue weighted by Crippen LogP contribution is 2.37. The zero-order chi connectivity index (χ0) is 25.3. The van der Waals surface area contributed by atoms with Gasteiger partial charge in [-0.05, 0) is 68.7 Å². The Kier molecular flexibility index (Phi) is 6.97. The van der Waals surface area contributed by atoms with Crippen molar-refractivity contribution in [2.45, 2.75) is 44.6 Å². The van der Waals surface area contributed by atoms with Crippen molar-refractivity contribution in [3.63, 3.8) is 0 Å². The molecule has 2 aromatic carbocycles. The van der Waals surface area contributed by atoms with E-state index in [2.05, 4.69) is 5.32 Å². The molecule has 4 nitrogen and oxygen atoms in total. The Labute approximate surface area is 196 Å². The Morgan fingerprint density at radius 1 is 1.03 bits per heavy atom. The Balaban J connectivity index is 1.96. The SMILES string of the molecule is CC(C)(CCc1cn(C(=O)Nc2cc(C(F)(F)F)cc(C(F)(F)F)c2)c2ccccc12)OC=S. The molecule has 34 heavy (non-hydrogen) atoms. The summed E-state index contributed by atoms with van der Waals surface area (Å²) in [6, 6.07) is 6.86. The van der Waals surface area contributed by atoms with Gasteiger partial charge in [-0.1, -0.05) is 18.2 Å². The lowest BCUT2D eigenvalue weighted by Crippen LogP contribution is -2.24. The van der Waals surface area contributed by atoms with Crippen LogP contribution in [0.4, 0.5) is 36.8 Å². The van der Waals surface area contributed by atoms with E-state index in [1.807, 2.05) is 13.8 Å². The van der Waals surface area contributed by atoms with Gasteiger partial charge in [0.25, 0.3) is 0 Å². The molecule has 0 fully saturated rings. The number of aryl methyl sites for hydroxylation is 1. The molecular weight excluding hydrogens is 482 g/mol. The van der Waals surface area contributed by atoms with E-state index in [1.54, 1.807) is 24.3 Å². The molecule has 11 heteroatoms. The Bertz CT molecular complexity index is 1180. The quantitative estimate of drug-likeness (QED) is 0.281. The number of nitrogens with zero attached hydrogens (tertiary/aromatic N) is 1. The monoisotopic (exact) mass is 502 g/mol. The fourth-order valence-corrected chi connectivity index (χ4v) is 3.71. The second-order valence-electron chi connectivity index (χ2n) is 8.24. The second kappa shape index (κ2) is 9.28. The van der Waals surface area contributed by atoms with E-state index in [0.717, 1.165) is 15.5 Å². The summed E-state index contributed by atoms with van der Waals surface area (Å²) in [5.74, 6) is 0. The van der Waals surface area contributed by atoms with E-state index in [4.69, 9.17) is 17.0 Å². The molecule has 0 aliphatic carbocycles. The lowest BCUT2D eigenvalue weighted by molar-refractivity contribution is -0.143. The molecule has 3 aromatic rings. The average molecular weight is 502 g/mol. The summed E-state index contributed by atoms with van der Waals surface area (Å²) in [5, 5.41) is 2.88. The molecule has 182 valence electrons. The summed E-state index contributed by atoms with van der Waals surface area (Å²) in [6.45, 7) is 3.68. The molecule has 0 radical (unpaired) electrons. The first kappa shape index (κ1) is 25.5. The minimum atomic E-state index is -5.02. The summed E-state index contributed by atoms with van der Waals surface area (Å²) < 4.78 is 85.4. The summed E-state index contributed by atoms with van der Waals surface area (Å²) in [4.78, 5) is 12.9. The van der Waals surface area contributed by atoms with Crippen LogP contribution in [0.3, 0.4) is 0 Å². The fourth-order valence-electron chi connectivity index (χ4n) is 3.45. The molecule has 0 aliphatic rings. The number of fused-ring (bicyclic) bond motifs is 1. The van der Waals surface area contributed by atoms with Gasteiger partial charge in [0, 0.05) is 17.3 Å². The number of aromatic nitrogens is 1. The Morgan fingerprint density at radius 3 is 2.18 bits per heavy atom. The zero-order valence-corrected chi connectivity index (χ0v) is 18.9. The van der Waals surface area contributed by atoms with Gasteiger partial charge in [-0.3, -0.25) is 4.57 Å². The summed E-state index contributed by atoms with van der Waals surface area (Å²) in [7, 11) is 0. The molecule has 0 spiro atoms. The maximum absolute atomic E-state index is 13.1. The standard InChI is InChI=1S/C23H20F6N2O2S/c1-21(2,33-13-34)8-7-14-12-31(19-6-4-3-5-18(14)19)20(32)30-17-10-15(22(24,25)26)9-16(11-17)23(27,28)29/h3-6,9-13H,7-8H2,1-2H3,(H,30,32). The van der Waals surface area contributed by atoms with E-state index < -0.39 is 40.8 Å². The average Bonchev–Trinajstić information content (AvgIpc) is 3.10. The third-order valence-corrected chi connectivity index (χ3v) is 5.31. The number of alkyl halides is 6. The lowest BCUT2D eigenvalue weighted by Gasteiger charge is -2.23. The number of nitrogens with one attached hydrogen (secondary N) is 1. The first-order valence-electron chi connectivity index (χ1n) is 10.0. The molecule has 1 amide bonds. The predicted octanol–water partition coefficient (Wildman–Crippen LogP) is 7.44. The summed E-state index contributed by atoms with van der Waals surface area (Å²) >= 11 is 4.73. The molecule has 0 bridgehead atoms. The third-order valence-electron chi connectivity index (χ3n) is 5.22. The van der Waals surface area contributed by atoms with Gasteiger partial charge in [0.1, 0.15) is 11.2 Å². The number of carbonyl (C=O) groups is 1. The molecule has 1 N–H and O–H groups in total. The number of thiocarbonyl (C=S) groups is 1. The lowest BCUT2D eigenvalue weighted by atomic mass is 9.98. The third kappa shape index (κ3) is 5.88. The first-order valence-corrected chi connectivity index (χ1v) is 10.5. The van der Waals surface area contributed by atoms with Crippen molar-refractivity contribution < 1.29 is 35.9 Å². The van der Waals surface area contributed by atoms with Crippen molar-refractivity contribution in [3.05, 3.63) is 65.4 Å². The van der Waals surface area contributed by atoms with Gasteiger partial charge < -0.3 is 10.1 Å². The van der Waals surface area contributed by atoms with Crippen LogP contribution in [0.25, 0.3) is 10.9 Å². The summed E-state index contributed by atoms with van der Waals surface area (Å²) in [6.07, 6.45) is -7.51. The second-order valence-corrected chi connectivity index (χ2v) is 8.43. The number of benzene rings is 2. The van der Waals surface area contributed by atoms with Gasteiger partial charge in [-0.15, -0.1) is 0 Å². The maximum Gasteiger partial charge on any atom is 0.416 e. The summed E-state index contributed by atoms with van der Waals surface area (Å²) in [5.41, 5.74) is -1.85. The molecule has 3 rings (SSSR count). The number of rotatable bonds is 6. The predicted molar refractivity (Wildman–Crippen MR) is 120 cm³/mol. The first-order chi connectivity index (χ1) is 15.7. The molecule has 0 saturated heterocycles. The van der Waals surface area contributed by atoms with E-state index >= 15 is 0 Å². The van der Waals surface area contributed by atoms with E-state index in [1.165, 1.54) is 11.8 Å². The smallest absolute Gasteiger partial charge is 0.416 e. The molecule has 1 heterocycles. The minimum Gasteiger partial charge on any atom is -0.484 e. The fraction of sp³-hybridized carbons (Fsp3) is 0.304. The van der Waals surface area contributed by atoms with Crippen LogP contribution in [0, 0.1) is 0 Å². The maximum atomic E-state index is 13.1. The van der Waals surface area contributed by atoms with Crippen molar-refractivity contribution >= 4 is 40.4 Å². The Morgan fingerprint density at radius 2 is 1.62 bits per heavy atom. The largest absolute Gasteiger partial charge is 0.484 e. The topological polar surface area (TPSA) is 43.3 Å². The number of amides is 1. The molecule has 0 saturated carbocycles. The van der Waals surface area contributed by atoms with Crippen LogP contribution in [0.15, 0.2) is 48.7 Å². The number of ether oxygens (including phenoxy) is 1. The van der Waals surface area contributed by atoms with Gasteiger partial charge in [0.2, 0.25) is 0 Å². The van der Waals surface area contributed by atoms with Crippen LogP contribution in [-0.4, -0.2) is 21.8 Å². The number of halogens is 6. The molecule has 0 aliphatic heterocycles. The van der Waals surface area contributed by atoms with Crippen LogP contribution in [0.1, 0.15) is 37.0 Å². The van der Waals surface area contributed by atoms with E-state index in [9.17, 15) is 31.1 Å². The number of carbonyl (C=O) groups excluding carboxylic acids is 1. The van der Waals surface area contributed by atoms with Crippen LogP contribution in [0.2, 0.25) is 0 Å². The van der Waals surface area contributed by atoms with Crippen LogP contribution >= 0.6 is 12.2 Å². The van der Waals surface area contributed by atoms with Crippen molar-refractivity contribution in [3.8, 4) is 0 Å². The highest BCUT2D eigenvalue weighted by Gasteiger charge is 2.37. The van der Waals surface area contributed by atoms with E-state index in [0.29, 0.717) is 30.5 Å². The van der Waals surface area contributed by atoms with Crippen molar-refractivity contribution in [1.82, 2.24) is 4.57 Å². The number of hydrogen-bond donors (Lipinski definition) is 1. The molecule has 0 unspecified atom stereocenters. The highest BCUT2D eigenvalue weighted by atomic mass is 32.1. The van der Waals surface area contributed by atoms with Crippen molar-refractivity contribution in [2.24, 2.45) is 0 Å². The normalized spacial score (nSPS) is 12.6. The number of hydrogen-bond acceptors (Lipinski definition) is 3. The van der Waals surface area contributed by atoms with Gasteiger partial charge >= 0.3 is 18.4 Å². The molecule has 1 aromatic heterocycles. The van der Waals surface area contributed by atoms with Gasteiger partial charge in [-0.25, -0.2) is 4.79 Å². The van der Waals surface area contributed by atoms with Crippen molar-refractivity contribution in [2.75, 3.05) is 5.32 Å². The van der Waals surface area contributed by atoms with Crippen LogP contribution < -0.4 is 5.32 Å². The van der Waals surface area contributed by atoms with Gasteiger partial charge in [-0.2, -0.15) is 26.3 Å². The molecule has 0 atom stereocenters. The van der Waals surface area contributed by atoms with E-state index in [-0.39, 0.29) is 6.07 Å². The number of para-hydroxylation sites is 1. The van der Waals surface area contributed by atoms with Crippen LogP contribution in [-0.2, 0) is 23.5 Å². The highest BCUT2D eigenvalue weighted by molar-refractivity contribution is 7.78. The Hall–Kier alpha value is -3.08. The van der Waals surface area contributed by atoms with Gasteiger partial charge in [0.15, 0.2) is 0 Å². The van der Waals surface area contributed by atoms with Crippen molar-refractivity contribution in [1.29, 1.82) is 0 Å². The molecular formula is C23H20F6N2O2S. The zero-order valence-electron chi connectivity index (χ0n) is 18.1.